The predicted octanol–water partition coefficient (Wildman–Crippen LogP) is 3.39. The summed E-state index contributed by atoms with van der Waals surface area (Å²) < 4.78 is 64.7. The summed E-state index contributed by atoms with van der Waals surface area (Å²) in [6.07, 6.45) is -3.16. The molecule has 1 aliphatic carbocycles. The number of amides is 1. The fourth-order valence-corrected chi connectivity index (χ4v) is 3.58. The second kappa shape index (κ2) is 8.20. The van der Waals surface area contributed by atoms with Crippen LogP contribution in [0.3, 0.4) is 0 Å². The lowest BCUT2D eigenvalue weighted by atomic mass is 10.1. The van der Waals surface area contributed by atoms with Crippen molar-refractivity contribution in [2.24, 2.45) is 5.41 Å². The molecule has 31 heavy (non-hydrogen) atoms. The molecule has 2 aromatic rings. The van der Waals surface area contributed by atoms with E-state index in [0.717, 1.165) is 12.1 Å². The summed E-state index contributed by atoms with van der Waals surface area (Å²) in [5.74, 6) is -0.607. The van der Waals surface area contributed by atoms with Crippen molar-refractivity contribution in [1.29, 1.82) is 5.26 Å². The maximum absolute atomic E-state index is 12.8. The zero-order valence-electron chi connectivity index (χ0n) is 16.4. The van der Waals surface area contributed by atoms with Gasteiger partial charge in [0.15, 0.2) is 0 Å². The van der Waals surface area contributed by atoms with Gasteiger partial charge in [-0.2, -0.15) is 18.4 Å². The number of alkyl halides is 3. The van der Waals surface area contributed by atoms with Gasteiger partial charge in [-0.25, -0.2) is 13.1 Å². The van der Waals surface area contributed by atoms with E-state index in [1.165, 1.54) is 37.4 Å². The lowest BCUT2D eigenvalue weighted by molar-refractivity contribution is -0.137. The minimum atomic E-state index is -4.48. The van der Waals surface area contributed by atoms with Crippen molar-refractivity contribution in [3.05, 3.63) is 53.6 Å². The quantitative estimate of drug-likeness (QED) is 0.596. The van der Waals surface area contributed by atoms with Crippen LogP contribution in [-0.2, 0) is 16.2 Å². The average molecular weight is 452 g/mol. The molecule has 0 spiro atoms. The van der Waals surface area contributed by atoms with E-state index in [9.17, 15) is 31.6 Å². The van der Waals surface area contributed by atoms with E-state index in [1.54, 1.807) is 0 Å². The van der Waals surface area contributed by atoms with Crippen LogP contribution in [0.5, 0.6) is 0 Å². The zero-order valence-corrected chi connectivity index (χ0v) is 17.2. The Labute approximate surface area is 177 Å². The highest BCUT2D eigenvalue weighted by molar-refractivity contribution is 7.89. The Morgan fingerprint density at radius 2 is 1.81 bits per heavy atom. The lowest BCUT2D eigenvalue weighted by Gasteiger charge is -2.15. The van der Waals surface area contributed by atoms with E-state index in [0.29, 0.717) is 12.8 Å². The summed E-state index contributed by atoms with van der Waals surface area (Å²) in [6, 6.07) is 10.1. The Morgan fingerprint density at radius 1 is 1.16 bits per heavy atom. The second-order valence-corrected chi connectivity index (χ2v) is 9.08. The van der Waals surface area contributed by atoms with Gasteiger partial charge in [0.1, 0.15) is 0 Å². The molecule has 0 radical (unpaired) electrons. The standard InChI is InChI=1S/C20H19F3N4O3S/c1-25-31(29,30)15-6-7-17(27-14-4-2-13(3-5-14)20(21,22)23)16(10-15)18(28)26-12-19(11-24)8-9-19/h2-7,10,25,27H,8-9,12H2,1H3,(H,26,28). The van der Waals surface area contributed by atoms with Crippen molar-refractivity contribution in [2.45, 2.75) is 23.9 Å². The Morgan fingerprint density at radius 3 is 2.32 bits per heavy atom. The third-order valence-corrected chi connectivity index (χ3v) is 6.40. The van der Waals surface area contributed by atoms with Crippen LogP contribution < -0.4 is 15.4 Å². The summed E-state index contributed by atoms with van der Waals surface area (Å²) in [7, 11) is -2.61. The number of hydrogen-bond acceptors (Lipinski definition) is 5. The van der Waals surface area contributed by atoms with E-state index in [1.807, 2.05) is 0 Å². The highest BCUT2D eigenvalue weighted by Crippen LogP contribution is 2.44. The van der Waals surface area contributed by atoms with Crippen molar-refractivity contribution < 1.29 is 26.4 Å². The molecule has 1 saturated carbocycles. The van der Waals surface area contributed by atoms with Gasteiger partial charge in [-0.1, -0.05) is 0 Å². The molecule has 0 unspecified atom stereocenters. The molecule has 11 heteroatoms. The predicted molar refractivity (Wildman–Crippen MR) is 107 cm³/mol. The van der Waals surface area contributed by atoms with Crippen molar-refractivity contribution >= 4 is 27.3 Å². The number of nitrogens with zero attached hydrogens (tertiary/aromatic N) is 1. The Bertz CT molecular complexity index is 1140. The Hall–Kier alpha value is -3.10. The molecule has 0 saturated heterocycles. The van der Waals surface area contributed by atoms with Crippen molar-refractivity contribution in [1.82, 2.24) is 10.0 Å². The van der Waals surface area contributed by atoms with Crippen LogP contribution in [0.25, 0.3) is 0 Å². The van der Waals surface area contributed by atoms with E-state index >= 15 is 0 Å². The smallest absolute Gasteiger partial charge is 0.355 e. The van der Waals surface area contributed by atoms with Gasteiger partial charge in [-0.3, -0.25) is 4.79 Å². The van der Waals surface area contributed by atoms with Gasteiger partial charge < -0.3 is 10.6 Å². The van der Waals surface area contributed by atoms with Crippen LogP contribution in [0.1, 0.15) is 28.8 Å². The van der Waals surface area contributed by atoms with E-state index in [2.05, 4.69) is 21.4 Å². The van der Waals surface area contributed by atoms with Gasteiger partial charge in [-0.05, 0) is 62.4 Å². The first kappa shape index (κ1) is 22.6. The number of carbonyl (C=O) groups excluding carboxylic acids is 1. The number of rotatable bonds is 7. The van der Waals surface area contributed by atoms with E-state index < -0.39 is 33.1 Å². The number of nitrogens with one attached hydrogen (secondary N) is 3. The molecular weight excluding hydrogens is 433 g/mol. The highest BCUT2D eigenvalue weighted by Gasteiger charge is 2.43. The van der Waals surface area contributed by atoms with Gasteiger partial charge >= 0.3 is 6.18 Å². The molecule has 3 N–H and O–H groups in total. The summed E-state index contributed by atoms with van der Waals surface area (Å²) in [4.78, 5) is 12.6. The number of hydrogen-bond donors (Lipinski definition) is 3. The largest absolute Gasteiger partial charge is 0.416 e. The fraction of sp³-hybridized carbons (Fsp3) is 0.300. The minimum Gasteiger partial charge on any atom is -0.355 e. The average Bonchev–Trinajstić information content (AvgIpc) is 3.52. The summed E-state index contributed by atoms with van der Waals surface area (Å²) in [6.45, 7) is 0.116. The van der Waals surface area contributed by atoms with Crippen LogP contribution >= 0.6 is 0 Å². The first-order valence-corrected chi connectivity index (χ1v) is 10.7. The number of anilines is 2. The molecule has 1 amide bonds. The van der Waals surface area contributed by atoms with Gasteiger partial charge in [0, 0.05) is 12.2 Å². The number of sulfonamides is 1. The molecular formula is C20H19F3N4O3S. The third kappa shape index (κ3) is 5.15. The Balaban J connectivity index is 1.91. The molecule has 0 heterocycles. The summed E-state index contributed by atoms with van der Waals surface area (Å²) >= 11 is 0. The molecule has 164 valence electrons. The molecule has 1 aliphatic rings. The molecule has 7 nitrogen and oxygen atoms in total. The summed E-state index contributed by atoms with van der Waals surface area (Å²) in [5, 5.41) is 14.7. The first-order valence-electron chi connectivity index (χ1n) is 9.21. The van der Waals surface area contributed by atoms with Crippen molar-refractivity contribution in [3.8, 4) is 6.07 Å². The summed E-state index contributed by atoms with van der Waals surface area (Å²) in [5.41, 5.74) is -0.968. The van der Waals surface area contributed by atoms with Gasteiger partial charge in [-0.15, -0.1) is 0 Å². The molecule has 0 aliphatic heterocycles. The van der Waals surface area contributed by atoms with Gasteiger partial charge in [0.2, 0.25) is 10.0 Å². The van der Waals surface area contributed by atoms with Crippen molar-refractivity contribution in [2.75, 3.05) is 18.9 Å². The number of benzene rings is 2. The van der Waals surface area contributed by atoms with Crippen molar-refractivity contribution in [3.63, 3.8) is 0 Å². The maximum Gasteiger partial charge on any atom is 0.416 e. The van der Waals surface area contributed by atoms with Gasteiger partial charge in [0.05, 0.1) is 33.2 Å². The fourth-order valence-electron chi connectivity index (χ4n) is 2.83. The molecule has 3 rings (SSSR count). The monoisotopic (exact) mass is 452 g/mol. The van der Waals surface area contributed by atoms with Crippen LogP contribution in [-0.4, -0.2) is 27.9 Å². The zero-order chi connectivity index (χ0) is 22.9. The minimum absolute atomic E-state index is 0.0232. The molecule has 0 bridgehead atoms. The Kier molecular flexibility index (Phi) is 5.98. The number of nitriles is 1. The molecule has 0 atom stereocenters. The molecule has 1 fully saturated rings. The van der Waals surface area contributed by atoms with E-state index in [4.69, 9.17) is 0 Å². The maximum atomic E-state index is 12.8. The number of halogens is 3. The first-order chi connectivity index (χ1) is 14.5. The normalized spacial score (nSPS) is 15.1. The highest BCUT2D eigenvalue weighted by atomic mass is 32.2. The second-order valence-electron chi connectivity index (χ2n) is 7.19. The topological polar surface area (TPSA) is 111 Å². The van der Waals surface area contributed by atoms with Gasteiger partial charge in [0.25, 0.3) is 5.91 Å². The molecule has 0 aromatic heterocycles. The van der Waals surface area contributed by atoms with Crippen LogP contribution in [0, 0.1) is 16.7 Å². The SMILES string of the molecule is CNS(=O)(=O)c1ccc(Nc2ccc(C(F)(F)F)cc2)c(C(=O)NCC2(C#N)CC2)c1. The van der Waals surface area contributed by atoms with Crippen LogP contribution in [0.2, 0.25) is 0 Å². The van der Waals surface area contributed by atoms with Crippen LogP contribution in [0.4, 0.5) is 24.5 Å². The van der Waals surface area contributed by atoms with E-state index in [-0.39, 0.29) is 28.4 Å². The third-order valence-electron chi connectivity index (χ3n) is 4.98. The number of carbonyl (C=O) groups is 1. The van der Waals surface area contributed by atoms with Crippen LogP contribution in [0.15, 0.2) is 47.4 Å². The lowest BCUT2D eigenvalue weighted by Crippen LogP contribution is -2.30. The molecule has 2 aromatic carbocycles.